The van der Waals surface area contributed by atoms with Crippen LogP contribution in [-0.2, 0) is 9.47 Å². The van der Waals surface area contributed by atoms with Crippen molar-refractivity contribution in [2.75, 3.05) is 20.3 Å². The molecule has 3 heteroatoms. The van der Waals surface area contributed by atoms with Crippen molar-refractivity contribution in [3.8, 4) is 0 Å². The van der Waals surface area contributed by atoms with Gasteiger partial charge < -0.3 is 14.8 Å². The molecule has 0 amide bonds. The summed E-state index contributed by atoms with van der Waals surface area (Å²) in [7, 11) is 1.98. The first-order chi connectivity index (χ1) is 8.70. The van der Waals surface area contributed by atoms with E-state index in [1.54, 1.807) is 0 Å². The molecule has 1 aromatic rings. The predicted octanol–water partition coefficient (Wildman–Crippen LogP) is 2.83. The van der Waals surface area contributed by atoms with E-state index in [1.807, 2.05) is 7.05 Å². The van der Waals surface area contributed by atoms with Gasteiger partial charge in [0.1, 0.15) is 0 Å². The summed E-state index contributed by atoms with van der Waals surface area (Å²) in [6, 6.07) is 9.10. The zero-order valence-electron chi connectivity index (χ0n) is 11.5. The van der Waals surface area contributed by atoms with Crippen LogP contribution in [0.25, 0.3) is 0 Å². The largest absolute Gasteiger partial charge is 0.350 e. The molecule has 1 fully saturated rings. The van der Waals surface area contributed by atoms with Crippen molar-refractivity contribution >= 4 is 0 Å². The lowest BCUT2D eigenvalue weighted by molar-refractivity contribution is -0.0526. The number of nitrogens with one attached hydrogen (secondary N) is 1. The highest BCUT2D eigenvalue weighted by molar-refractivity contribution is 5.26. The Balaban J connectivity index is 2.02. The molecule has 1 aliphatic rings. The van der Waals surface area contributed by atoms with Gasteiger partial charge in [0.25, 0.3) is 0 Å². The summed E-state index contributed by atoms with van der Waals surface area (Å²) in [5.74, 6) is 0.577. The highest BCUT2D eigenvalue weighted by atomic mass is 16.7. The molecule has 0 radical (unpaired) electrons. The van der Waals surface area contributed by atoms with Crippen LogP contribution in [0.4, 0.5) is 0 Å². The van der Waals surface area contributed by atoms with Crippen molar-refractivity contribution in [2.24, 2.45) is 0 Å². The Labute approximate surface area is 109 Å². The minimum absolute atomic E-state index is 0.0628. The van der Waals surface area contributed by atoms with E-state index in [4.69, 9.17) is 9.47 Å². The van der Waals surface area contributed by atoms with Crippen LogP contribution in [0.2, 0.25) is 0 Å². The average molecular weight is 249 g/mol. The first-order valence-corrected chi connectivity index (χ1v) is 6.71. The first-order valence-electron chi connectivity index (χ1n) is 6.71. The van der Waals surface area contributed by atoms with Crippen molar-refractivity contribution in [1.29, 1.82) is 0 Å². The van der Waals surface area contributed by atoms with Gasteiger partial charge in [-0.25, -0.2) is 0 Å². The standard InChI is InChI=1S/C15H23NO2/c1-11(2)12-4-6-13(7-5-12)14(16-3)10-15-17-8-9-18-15/h4-7,11,14-16H,8-10H2,1-3H3. The lowest BCUT2D eigenvalue weighted by atomic mass is 9.98. The summed E-state index contributed by atoms with van der Waals surface area (Å²) >= 11 is 0. The Kier molecular flexibility index (Phi) is 4.75. The van der Waals surface area contributed by atoms with E-state index in [2.05, 4.69) is 43.4 Å². The van der Waals surface area contributed by atoms with Gasteiger partial charge in [0.05, 0.1) is 13.2 Å². The summed E-state index contributed by atoms with van der Waals surface area (Å²) in [5.41, 5.74) is 2.67. The maximum Gasteiger partial charge on any atom is 0.159 e. The molecular formula is C15H23NO2. The van der Waals surface area contributed by atoms with E-state index in [-0.39, 0.29) is 12.3 Å². The summed E-state index contributed by atoms with van der Waals surface area (Å²) in [5, 5.41) is 3.33. The van der Waals surface area contributed by atoms with Gasteiger partial charge in [-0.15, -0.1) is 0 Å². The third-order valence-electron chi connectivity index (χ3n) is 3.47. The number of ether oxygens (including phenoxy) is 2. The van der Waals surface area contributed by atoms with E-state index < -0.39 is 0 Å². The van der Waals surface area contributed by atoms with Crippen LogP contribution in [0.3, 0.4) is 0 Å². The van der Waals surface area contributed by atoms with Crippen LogP contribution < -0.4 is 5.32 Å². The third kappa shape index (κ3) is 3.31. The van der Waals surface area contributed by atoms with Gasteiger partial charge in [0.15, 0.2) is 6.29 Å². The molecule has 1 N–H and O–H groups in total. The summed E-state index contributed by atoms with van der Waals surface area (Å²) in [6.07, 6.45) is 0.796. The summed E-state index contributed by atoms with van der Waals surface area (Å²) in [6.45, 7) is 5.86. The Morgan fingerprint density at radius 3 is 2.17 bits per heavy atom. The quantitative estimate of drug-likeness (QED) is 0.870. The number of hydrogen-bond acceptors (Lipinski definition) is 3. The first kappa shape index (κ1) is 13.5. The average Bonchev–Trinajstić information content (AvgIpc) is 2.89. The van der Waals surface area contributed by atoms with E-state index in [0.717, 1.165) is 6.42 Å². The highest BCUT2D eigenvalue weighted by Gasteiger charge is 2.21. The second-order valence-corrected chi connectivity index (χ2v) is 5.07. The fourth-order valence-electron chi connectivity index (χ4n) is 2.27. The van der Waals surface area contributed by atoms with Crippen LogP contribution >= 0.6 is 0 Å². The van der Waals surface area contributed by atoms with Crippen molar-refractivity contribution in [1.82, 2.24) is 5.32 Å². The fraction of sp³-hybridized carbons (Fsp3) is 0.600. The van der Waals surface area contributed by atoms with Gasteiger partial charge in [-0.2, -0.15) is 0 Å². The van der Waals surface area contributed by atoms with Crippen LogP contribution in [-0.4, -0.2) is 26.6 Å². The molecule has 3 nitrogen and oxygen atoms in total. The molecule has 1 atom stereocenters. The monoisotopic (exact) mass is 249 g/mol. The van der Waals surface area contributed by atoms with Crippen LogP contribution in [0.15, 0.2) is 24.3 Å². The van der Waals surface area contributed by atoms with Gasteiger partial charge >= 0.3 is 0 Å². The van der Waals surface area contributed by atoms with E-state index in [0.29, 0.717) is 19.1 Å². The molecule has 0 spiro atoms. The van der Waals surface area contributed by atoms with Gasteiger partial charge in [0, 0.05) is 12.5 Å². The molecule has 1 saturated heterocycles. The Bertz CT molecular complexity index is 355. The molecule has 1 aliphatic heterocycles. The van der Waals surface area contributed by atoms with E-state index >= 15 is 0 Å². The number of rotatable bonds is 5. The summed E-state index contributed by atoms with van der Waals surface area (Å²) in [4.78, 5) is 0. The lowest BCUT2D eigenvalue weighted by Gasteiger charge is -2.20. The van der Waals surface area contributed by atoms with Crippen molar-refractivity contribution in [3.05, 3.63) is 35.4 Å². The van der Waals surface area contributed by atoms with Gasteiger partial charge in [-0.3, -0.25) is 0 Å². The second-order valence-electron chi connectivity index (χ2n) is 5.07. The molecule has 1 heterocycles. The normalized spacial score (nSPS) is 18.4. The van der Waals surface area contributed by atoms with Crippen LogP contribution in [0, 0.1) is 0 Å². The van der Waals surface area contributed by atoms with Gasteiger partial charge in [-0.1, -0.05) is 38.1 Å². The molecule has 1 unspecified atom stereocenters. The minimum atomic E-state index is -0.0628. The Morgan fingerprint density at radius 1 is 1.11 bits per heavy atom. The second kappa shape index (κ2) is 6.32. The molecular weight excluding hydrogens is 226 g/mol. The SMILES string of the molecule is CNC(CC1OCCO1)c1ccc(C(C)C)cc1. The third-order valence-corrected chi connectivity index (χ3v) is 3.47. The highest BCUT2D eigenvalue weighted by Crippen LogP contribution is 2.24. The van der Waals surface area contributed by atoms with Gasteiger partial charge in [-0.05, 0) is 24.1 Å². The molecule has 0 bridgehead atoms. The lowest BCUT2D eigenvalue weighted by Crippen LogP contribution is -2.23. The molecule has 1 aromatic carbocycles. The predicted molar refractivity (Wildman–Crippen MR) is 72.6 cm³/mol. The number of hydrogen-bond donors (Lipinski definition) is 1. The minimum Gasteiger partial charge on any atom is -0.350 e. The van der Waals surface area contributed by atoms with Crippen molar-refractivity contribution in [3.63, 3.8) is 0 Å². The maximum absolute atomic E-state index is 5.51. The fourth-order valence-corrected chi connectivity index (χ4v) is 2.27. The maximum atomic E-state index is 5.51. The Hall–Kier alpha value is -0.900. The van der Waals surface area contributed by atoms with Crippen molar-refractivity contribution < 1.29 is 9.47 Å². The van der Waals surface area contributed by atoms with Crippen LogP contribution in [0.1, 0.15) is 43.4 Å². The summed E-state index contributed by atoms with van der Waals surface area (Å²) < 4.78 is 11.0. The van der Waals surface area contributed by atoms with Gasteiger partial charge in [0.2, 0.25) is 0 Å². The molecule has 0 aliphatic carbocycles. The zero-order chi connectivity index (χ0) is 13.0. The Morgan fingerprint density at radius 2 is 1.67 bits per heavy atom. The molecule has 2 rings (SSSR count). The van der Waals surface area contributed by atoms with Crippen molar-refractivity contribution in [2.45, 2.75) is 38.5 Å². The zero-order valence-corrected chi connectivity index (χ0v) is 11.5. The smallest absolute Gasteiger partial charge is 0.159 e. The molecule has 0 aromatic heterocycles. The molecule has 0 saturated carbocycles. The number of benzene rings is 1. The topological polar surface area (TPSA) is 30.5 Å². The van der Waals surface area contributed by atoms with Crippen LogP contribution in [0.5, 0.6) is 0 Å². The van der Waals surface area contributed by atoms with E-state index in [9.17, 15) is 0 Å². The molecule has 18 heavy (non-hydrogen) atoms. The van der Waals surface area contributed by atoms with E-state index in [1.165, 1.54) is 11.1 Å². The molecule has 100 valence electrons.